The molecular formula is C17H22O. The van der Waals surface area contributed by atoms with E-state index in [9.17, 15) is 4.79 Å². The molecule has 0 aromatic carbocycles. The molecule has 5 rings (SSSR count). The zero-order valence-electron chi connectivity index (χ0n) is 11.2. The fraction of sp³-hybridized carbons (Fsp3) is 0.706. The van der Waals surface area contributed by atoms with Gasteiger partial charge < -0.3 is 0 Å². The van der Waals surface area contributed by atoms with Gasteiger partial charge in [0.25, 0.3) is 0 Å². The molecule has 4 saturated carbocycles. The molecule has 4 fully saturated rings. The van der Waals surface area contributed by atoms with Gasteiger partial charge in [-0.15, -0.1) is 0 Å². The summed E-state index contributed by atoms with van der Waals surface area (Å²) >= 11 is 0. The lowest BCUT2D eigenvalue weighted by atomic mass is 9.71. The summed E-state index contributed by atoms with van der Waals surface area (Å²) in [5.41, 5.74) is 1.66. The molecule has 0 aliphatic heterocycles. The Morgan fingerprint density at radius 2 is 2.17 bits per heavy atom. The average molecular weight is 242 g/mol. The van der Waals surface area contributed by atoms with E-state index in [-0.39, 0.29) is 5.41 Å². The Morgan fingerprint density at radius 3 is 2.89 bits per heavy atom. The summed E-state index contributed by atoms with van der Waals surface area (Å²) in [6.07, 6.45) is 14.7. The van der Waals surface area contributed by atoms with Gasteiger partial charge in [0, 0.05) is 5.41 Å². The van der Waals surface area contributed by atoms with Crippen LogP contribution in [-0.4, -0.2) is 5.78 Å². The summed E-state index contributed by atoms with van der Waals surface area (Å²) in [5.74, 6) is 3.54. The smallest absolute Gasteiger partial charge is 0.136 e. The lowest BCUT2D eigenvalue weighted by molar-refractivity contribution is -0.128. The quantitative estimate of drug-likeness (QED) is 0.717. The average Bonchev–Trinajstić information content (AvgIpc) is 2.76. The van der Waals surface area contributed by atoms with Crippen LogP contribution in [0.1, 0.15) is 45.4 Å². The first-order valence-electron chi connectivity index (χ1n) is 7.58. The number of rotatable bonds is 2. The van der Waals surface area contributed by atoms with Crippen molar-refractivity contribution in [2.24, 2.45) is 29.1 Å². The van der Waals surface area contributed by atoms with Crippen LogP contribution in [0.25, 0.3) is 0 Å². The Hall–Kier alpha value is -0.850. The Bertz CT molecular complexity index is 458. The lowest BCUT2D eigenvalue weighted by Gasteiger charge is -2.33. The highest BCUT2D eigenvalue weighted by atomic mass is 16.1. The van der Waals surface area contributed by atoms with E-state index >= 15 is 0 Å². The molecule has 0 saturated heterocycles. The fourth-order valence-electron chi connectivity index (χ4n) is 5.75. The standard InChI is InChI=1S/C17H22O/c1-11(18)17-9-12-7-14(10-17)16(15(17)8-12)13-5-3-2-4-6-13/h3,5-6,12,14-16H,2,4,7-10H2,1H3. The van der Waals surface area contributed by atoms with Gasteiger partial charge in [0.05, 0.1) is 0 Å². The second-order valence-corrected chi connectivity index (χ2v) is 7.03. The van der Waals surface area contributed by atoms with Crippen molar-refractivity contribution in [3.63, 3.8) is 0 Å². The zero-order valence-corrected chi connectivity index (χ0v) is 11.2. The number of Topliss-reactive ketones (excluding diaryl/α,β-unsaturated/α-hetero) is 1. The van der Waals surface area contributed by atoms with E-state index < -0.39 is 0 Å². The summed E-state index contributed by atoms with van der Waals surface area (Å²) in [6, 6.07) is 0. The molecule has 1 heteroatoms. The van der Waals surface area contributed by atoms with Gasteiger partial charge in [-0.05, 0) is 74.7 Å². The molecule has 0 radical (unpaired) electrons. The SMILES string of the molecule is CC(=O)C12CC3CC(C1)C(C1=CCCC=C1)C2C3. The molecule has 0 amide bonds. The summed E-state index contributed by atoms with van der Waals surface area (Å²) < 4.78 is 0. The first kappa shape index (κ1) is 11.0. The molecule has 18 heavy (non-hydrogen) atoms. The van der Waals surface area contributed by atoms with Crippen molar-refractivity contribution >= 4 is 5.78 Å². The highest BCUT2D eigenvalue weighted by Gasteiger charge is 2.64. The van der Waals surface area contributed by atoms with Gasteiger partial charge >= 0.3 is 0 Å². The van der Waals surface area contributed by atoms with Crippen LogP contribution in [0, 0.1) is 29.1 Å². The number of carbonyl (C=O) groups excluding carboxylic acids is 1. The molecule has 0 heterocycles. The normalized spacial score (nSPS) is 48.6. The Balaban J connectivity index is 1.73. The Morgan fingerprint density at radius 1 is 1.28 bits per heavy atom. The highest BCUT2D eigenvalue weighted by molar-refractivity contribution is 5.84. The fourth-order valence-corrected chi connectivity index (χ4v) is 5.75. The largest absolute Gasteiger partial charge is 0.299 e. The summed E-state index contributed by atoms with van der Waals surface area (Å²) in [6.45, 7) is 1.85. The molecular weight excluding hydrogens is 220 g/mol. The van der Waals surface area contributed by atoms with Crippen molar-refractivity contribution in [3.05, 3.63) is 23.8 Å². The lowest BCUT2D eigenvalue weighted by Crippen LogP contribution is -2.31. The third-order valence-electron chi connectivity index (χ3n) is 6.26. The van der Waals surface area contributed by atoms with Crippen LogP contribution in [0.2, 0.25) is 0 Å². The molecule has 0 spiro atoms. The van der Waals surface area contributed by atoms with Crippen LogP contribution >= 0.6 is 0 Å². The van der Waals surface area contributed by atoms with Crippen LogP contribution in [0.3, 0.4) is 0 Å². The van der Waals surface area contributed by atoms with Crippen molar-refractivity contribution < 1.29 is 4.79 Å². The summed E-state index contributed by atoms with van der Waals surface area (Å²) in [7, 11) is 0. The zero-order chi connectivity index (χ0) is 12.3. The van der Waals surface area contributed by atoms with Crippen LogP contribution in [0.15, 0.2) is 23.8 Å². The third kappa shape index (κ3) is 1.26. The van der Waals surface area contributed by atoms with Gasteiger partial charge in [-0.1, -0.05) is 18.2 Å². The van der Waals surface area contributed by atoms with Crippen molar-refractivity contribution in [2.75, 3.05) is 0 Å². The van der Waals surface area contributed by atoms with E-state index in [4.69, 9.17) is 0 Å². The number of allylic oxidation sites excluding steroid dienone is 4. The molecule has 96 valence electrons. The third-order valence-corrected chi connectivity index (χ3v) is 6.26. The Labute approximate surface area is 109 Å². The molecule has 5 aliphatic rings. The van der Waals surface area contributed by atoms with E-state index in [1.54, 1.807) is 5.57 Å². The molecule has 0 N–H and O–H groups in total. The van der Waals surface area contributed by atoms with Crippen molar-refractivity contribution in [2.45, 2.75) is 45.4 Å². The first-order valence-corrected chi connectivity index (χ1v) is 7.58. The minimum atomic E-state index is 0.0877. The van der Waals surface area contributed by atoms with Crippen molar-refractivity contribution in [3.8, 4) is 0 Å². The van der Waals surface area contributed by atoms with Gasteiger partial charge in [0.15, 0.2) is 0 Å². The number of hydrogen-bond donors (Lipinski definition) is 0. The summed E-state index contributed by atoms with van der Waals surface area (Å²) in [4.78, 5) is 12.2. The predicted octanol–water partition coefficient (Wildman–Crippen LogP) is 3.90. The Kier molecular flexibility index (Phi) is 2.19. The minimum absolute atomic E-state index is 0.0877. The predicted molar refractivity (Wildman–Crippen MR) is 72.0 cm³/mol. The maximum Gasteiger partial charge on any atom is 0.136 e. The van der Waals surface area contributed by atoms with E-state index in [1.807, 2.05) is 6.92 Å². The topological polar surface area (TPSA) is 17.1 Å². The maximum absolute atomic E-state index is 12.2. The molecule has 5 unspecified atom stereocenters. The monoisotopic (exact) mass is 242 g/mol. The molecule has 0 aromatic rings. The van der Waals surface area contributed by atoms with Crippen LogP contribution < -0.4 is 0 Å². The van der Waals surface area contributed by atoms with Gasteiger partial charge in [0.1, 0.15) is 5.78 Å². The van der Waals surface area contributed by atoms with Gasteiger partial charge in [-0.3, -0.25) is 4.79 Å². The van der Waals surface area contributed by atoms with Crippen molar-refractivity contribution in [1.82, 2.24) is 0 Å². The van der Waals surface area contributed by atoms with Crippen LogP contribution in [-0.2, 0) is 4.79 Å². The van der Waals surface area contributed by atoms with Crippen LogP contribution in [0.4, 0.5) is 0 Å². The summed E-state index contributed by atoms with van der Waals surface area (Å²) in [5, 5.41) is 0. The van der Waals surface area contributed by atoms with E-state index in [2.05, 4.69) is 18.2 Å². The van der Waals surface area contributed by atoms with E-state index in [0.717, 1.165) is 11.8 Å². The number of carbonyl (C=O) groups is 1. The second-order valence-electron chi connectivity index (χ2n) is 7.03. The molecule has 4 bridgehead atoms. The van der Waals surface area contributed by atoms with Gasteiger partial charge in [-0.25, -0.2) is 0 Å². The second kappa shape index (κ2) is 3.59. The highest BCUT2D eigenvalue weighted by Crippen LogP contribution is 2.69. The minimum Gasteiger partial charge on any atom is -0.299 e. The maximum atomic E-state index is 12.2. The number of ketones is 1. The molecule has 5 aliphatic carbocycles. The van der Waals surface area contributed by atoms with Crippen LogP contribution in [0.5, 0.6) is 0 Å². The van der Waals surface area contributed by atoms with Crippen molar-refractivity contribution in [1.29, 1.82) is 0 Å². The molecule has 1 nitrogen and oxygen atoms in total. The number of hydrogen-bond acceptors (Lipinski definition) is 1. The van der Waals surface area contributed by atoms with E-state index in [0.29, 0.717) is 17.6 Å². The first-order chi connectivity index (χ1) is 8.71. The van der Waals surface area contributed by atoms with E-state index in [1.165, 1.54) is 38.5 Å². The van der Waals surface area contributed by atoms with Gasteiger partial charge in [0.2, 0.25) is 0 Å². The molecule has 5 atom stereocenters. The van der Waals surface area contributed by atoms with Gasteiger partial charge in [-0.2, -0.15) is 0 Å². The molecule has 0 aromatic heterocycles.